The molecule has 2 heteroatoms. The lowest BCUT2D eigenvalue weighted by molar-refractivity contribution is -0.168. The van der Waals surface area contributed by atoms with Gasteiger partial charge in [0.1, 0.15) is 0 Å². The topological polar surface area (TPSA) is 18.5 Å². The smallest absolute Gasteiger partial charge is 0.168 e. The van der Waals surface area contributed by atoms with E-state index in [2.05, 4.69) is 13.8 Å². The van der Waals surface area contributed by atoms with Crippen molar-refractivity contribution in [3.63, 3.8) is 0 Å². The molecule has 0 aromatic heterocycles. The van der Waals surface area contributed by atoms with E-state index >= 15 is 0 Å². The van der Waals surface area contributed by atoms with E-state index in [4.69, 9.17) is 9.47 Å². The summed E-state index contributed by atoms with van der Waals surface area (Å²) in [7, 11) is 0. The Labute approximate surface area is 126 Å². The van der Waals surface area contributed by atoms with Crippen LogP contribution in [-0.2, 0) is 9.47 Å². The average Bonchev–Trinajstić information content (AvgIpc) is 2.92. The van der Waals surface area contributed by atoms with Gasteiger partial charge in [0.25, 0.3) is 0 Å². The molecule has 1 rings (SSSR count). The molecule has 20 heavy (non-hydrogen) atoms. The summed E-state index contributed by atoms with van der Waals surface area (Å²) >= 11 is 0. The number of hydrogen-bond acceptors (Lipinski definition) is 2. The van der Waals surface area contributed by atoms with Gasteiger partial charge in [-0.3, -0.25) is 0 Å². The third-order valence-electron chi connectivity index (χ3n) is 4.39. The van der Waals surface area contributed by atoms with Crippen molar-refractivity contribution >= 4 is 0 Å². The van der Waals surface area contributed by atoms with Gasteiger partial charge >= 0.3 is 0 Å². The molecule has 2 nitrogen and oxygen atoms in total. The molecule has 0 aliphatic carbocycles. The number of unbranched alkanes of at least 4 members (excludes halogenated alkanes) is 9. The molecule has 0 spiro atoms. The van der Waals surface area contributed by atoms with E-state index in [1.165, 1.54) is 70.6 Å². The minimum atomic E-state index is -0.211. The molecule has 120 valence electrons. The molecule has 1 aliphatic heterocycles. The summed E-state index contributed by atoms with van der Waals surface area (Å²) in [5.41, 5.74) is 0. The zero-order chi connectivity index (χ0) is 14.5. The van der Waals surface area contributed by atoms with E-state index in [-0.39, 0.29) is 5.79 Å². The van der Waals surface area contributed by atoms with Crippen LogP contribution < -0.4 is 0 Å². The van der Waals surface area contributed by atoms with Crippen LogP contribution in [0.4, 0.5) is 0 Å². The highest BCUT2D eigenvalue weighted by Crippen LogP contribution is 2.31. The quantitative estimate of drug-likeness (QED) is 0.395. The van der Waals surface area contributed by atoms with Crippen LogP contribution in [0.3, 0.4) is 0 Å². The summed E-state index contributed by atoms with van der Waals surface area (Å²) in [6.07, 6.45) is 16.9. The van der Waals surface area contributed by atoms with Crippen LogP contribution in [0.2, 0.25) is 0 Å². The van der Waals surface area contributed by atoms with Crippen LogP contribution in [0.5, 0.6) is 0 Å². The van der Waals surface area contributed by atoms with Gasteiger partial charge in [-0.1, -0.05) is 71.6 Å². The molecule has 0 bridgehead atoms. The van der Waals surface area contributed by atoms with Crippen molar-refractivity contribution in [1.29, 1.82) is 0 Å². The fraction of sp³-hybridized carbons (Fsp3) is 1.00. The first-order valence-corrected chi connectivity index (χ1v) is 9.11. The predicted octanol–water partition coefficient (Wildman–Crippen LogP) is 5.84. The summed E-state index contributed by atoms with van der Waals surface area (Å²) < 4.78 is 11.9. The van der Waals surface area contributed by atoms with Crippen LogP contribution >= 0.6 is 0 Å². The monoisotopic (exact) mass is 284 g/mol. The number of hydrogen-bond donors (Lipinski definition) is 0. The maximum atomic E-state index is 5.95. The van der Waals surface area contributed by atoms with Gasteiger partial charge in [0.2, 0.25) is 0 Å². The van der Waals surface area contributed by atoms with Gasteiger partial charge in [-0.05, 0) is 12.8 Å². The van der Waals surface area contributed by atoms with Gasteiger partial charge in [-0.15, -0.1) is 0 Å². The van der Waals surface area contributed by atoms with Crippen molar-refractivity contribution in [3.8, 4) is 0 Å². The van der Waals surface area contributed by atoms with Crippen molar-refractivity contribution in [2.24, 2.45) is 0 Å². The van der Waals surface area contributed by atoms with Gasteiger partial charge in [0, 0.05) is 12.8 Å². The zero-order valence-electron chi connectivity index (χ0n) is 13.9. The van der Waals surface area contributed by atoms with Crippen LogP contribution in [0.25, 0.3) is 0 Å². The second-order valence-corrected chi connectivity index (χ2v) is 6.29. The predicted molar refractivity (Wildman–Crippen MR) is 86.0 cm³/mol. The van der Waals surface area contributed by atoms with E-state index in [0.717, 1.165) is 26.1 Å². The maximum Gasteiger partial charge on any atom is 0.168 e. The second kappa shape index (κ2) is 11.6. The van der Waals surface area contributed by atoms with Gasteiger partial charge in [0.05, 0.1) is 13.2 Å². The largest absolute Gasteiger partial charge is 0.348 e. The van der Waals surface area contributed by atoms with Crippen LogP contribution in [0, 0.1) is 0 Å². The molecule has 0 amide bonds. The molecule has 1 heterocycles. The SMILES string of the molecule is CCCCCCCCC1(CCCCCCC)OCCO1. The molecule has 0 unspecified atom stereocenters. The molecule has 0 atom stereocenters. The lowest BCUT2D eigenvalue weighted by atomic mass is 9.99. The van der Waals surface area contributed by atoms with Crippen molar-refractivity contribution in [2.75, 3.05) is 13.2 Å². The van der Waals surface area contributed by atoms with Gasteiger partial charge in [-0.25, -0.2) is 0 Å². The van der Waals surface area contributed by atoms with Crippen molar-refractivity contribution in [1.82, 2.24) is 0 Å². The average molecular weight is 284 g/mol. The zero-order valence-corrected chi connectivity index (χ0v) is 13.9. The molecule has 0 N–H and O–H groups in total. The van der Waals surface area contributed by atoms with Crippen LogP contribution in [-0.4, -0.2) is 19.0 Å². The van der Waals surface area contributed by atoms with Crippen molar-refractivity contribution < 1.29 is 9.47 Å². The van der Waals surface area contributed by atoms with E-state index < -0.39 is 0 Å². The normalized spacial score (nSPS) is 17.7. The second-order valence-electron chi connectivity index (χ2n) is 6.29. The minimum absolute atomic E-state index is 0.211. The molecule has 1 saturated heterocycles. The number of rotatable bonds is 13. The van der Waals surface area contributed by atoms with Gasteiger partial charge < -0.3 is 9.47 Å². The first-order chi connectivity index (χ1) is 9.83. The van der Waals surface area contributed by atoms with Gasteiger partial charge in [0.15, 0.2) is 5.79 Å². The van der Waals surface area contributed by atoms with Gasteiger partial charge in [-0.2, -0.15) is 0 Å². The summed E-state index contributed by atoms with van der Waals surface area (Å²) in [5, 5.41) is 0. The van der Waals surface area contributed by atoms with E-state index in [1.807, 2.05) is 0 Å². The molecule has 0 aromatic rings. The maximum absolute atomic E-state index is 5.95. The molecular formula is C18H36O2. The highest BCUT2D eigenvalue weighted by Gasteiger charge is 2.34. The fourth-order valence-electron chi connectivity index (χ4n) is 3.08. The Hall–Kier alpha value is -0.0800. The molecule has 0 aromatic carbocycles. The van der Waals surface area contributed by atoms with E-state index in [9.17, 15) is 0 Å². The lowest BCUT2D eigenvalue weighted by Crippen LogP contribution is -2.30. The van der Waals surface area contributed by atoms with Crippen molar-refractivity contribution in [3.05, 3.63) is 0 Å². The highest BCUT2D eigenvalue weighted by molar-refractivity contribution is 4.74. The Kier molecular flexibility index (Phi) is 10.4. The summed E-state index contributed by atoms with van der Waals surface area (Å²) in [6.45, 7) is 6.13. The third-order valence-corrected chi connectivity index (χ3v) is 4.39. The van der Waals surface area contributed by atoms with E-state index in [0.29, 0.717) is 0 Å². The fourth-order valence-corrected chi connectivity index (χ4v) is 3.08. The molecule has 0 radical (unpaired) electrons. The first kappa shape index (κ1) is 18.0. The van der Waals surface area contributed by atoms with Crippen molar-refractivity contribution in [2.45, 2.75) is 103 Å². The highest BCUT2D eigenvalue weighted by atomic mass is 16.7. The molecule has 1 fully saturated rings. The minimum Gasteiger partial charge on any atom is -0.348 e. The Bertz CT molecular complexity index is 209. The number of ether oxygens (including phenoxy) is 2. The Balaban J connectivity index is 2.11. The Morgan fingerprint density at radius 1 is 0.600 bits per heavy atom. The van der Waals surface area contributed by atoms with E-state index in [1.54, 1.807) is 0 Å². The third kappa shape index (κ3) is 7.64. The van der Waals surface area contributed by atoms with Crippen LogP contribution in [0.1, 0.15) is 97.3 Å². The molecular weight excluding hydrogens is 248 g/mol. The summed E-state index contributed by atoms with van der Waals surface area (Å²) in [6, 6.07) is 0. The Morgan fingerprint density at radius 2 is 1.00 bits per heavy atom. The lowest BCUT2D eigenvalue weighted by Gasteiger charge is -2.27. The first-order valence-electron chi connectivity index (χ1n) is 9.11. The molecule has 0 saturated carbocycles. The Morgan fingerprint density at radius 3 is 1.45 bits per heavy atom. The standard InChI is InChI=1S/C18H36O2/c1-3-5-7-9-11-13-15-18(19-16-17-20-18)14-12-10-8-6-4-2/h3-17H2,1-2H3. The summed E-state index contributed by atoms with van der Waals surface area (Å²) in [5.74, 6) is -0.211. The molecule has 1 aliphatic rings. The van der Waals surface area contributed by atoms with Crippen LogP contribution in [0.15, 0.2) is 0 Å². The summed E-state index contributed by atoms with van der Waals surface area (Å²) in [4.78, 5) is 0.